The second-order valence-corrected chi connectivity index (χ2v) is 8.40. The molecule has 7 nitrogen and oxygen atoms in total. The van der Waals surface area contributed by atoms with Gasteiger partial charge in [0.15, 0.2) is 9.84 Å². The Hall–Kier alpha value is -2.13. The molecule has 2 rings (SSSR count). The van der Waals surface area contributed by atoms with Crippen molar-refractivity contribution in [1.82, 2.24) is 0 Å². The lowest BCUT2D eigenvalue weighted by molar-refractivity contribution is -0.384. The Morgan fingerprint density at radius 2 is 1.92 bits per heavy atom. The second-order valence-electron chi connectivity index (χ2n) is 5.47. The molecule has 9 heteroatoms. The van der Waals surface area contributed by atoms with Crippen molar-refractivity contribution in [3.8, 4) is 5.75 Å². The van der Waals surface area contributed by atoms with E-state index in [1.54, 1.807) is 17.0 Å². The van der Waals surface area contributed by atoms with Crippen LogP contribution in [0.4, 0.5) is 11.4 Å². The first kappa shape index (κ1) is 19.2. The minimum atomic E-state index is -3.55. The zero-order valence-corrected chi connectivity index (χ0v) is 16.0. The summed E-state index contributed by atoms with van der Waals surface area (Å²) in [4.78, 5) is 12.4. The van der Waals surface area contributed by atoms with E-state index in [1.807, 2.05) is 6.92 Å². The van der Waals surface area contributed by atoms with Gasteiger partial charge in [-0.3, -0.25) is 10.1 Å². The summed E-state index contributed by atoms with van der Waals surface area (Å²) in [7, 11) is -3.55. The van der Waals surface area contributed by atoms with Crippen LogP contribution >= 0.6 is 15.9 Å². The third-order valence-corrected chi connectivity index (χ3v) is 5.30. The highest BCUT2D eigenvalue weighted by Crippen LogP contribution is 2.33. The van der Waals surface area contributed by atoms with Crippen molar-refractivity contribution < 1.29 is 18.4 Å². The van der Waals surface area contributed by atoms with Crippen LogP contribution in [0, 0.1) is 10.1 Å². The van der Waals surface area contributed by atoms with Gasteiger partial charge >= 0.3 is 0 Å². The number of benzene rings is 2. The molecule has 0 aromatic heterocycles. The smallest absolute Gasteiger partial charge is 0.293 e. The largest absolute Gasteiger partial charge is 0.508 e. The maximum atomic E-state index is 11.7. The van der Waals surface area contributed by atoms with Gasteiger partial charge in [0.1, 0.15) is 11.4 Å². The van der Waals surface area contributed by atoms with E-state index in [4.69, 9.17) is 0 Å². The van der Waals surface area contributed by atoms with Crippen molar-refractivity contribution in [3.05, 3.63) is 56.5 Å². The number of halogens is 1. The zero-order chi connectivity index (χ0) is 18.8. The van der Waals surface area contributed by atoms with Crippen LogP contribution in [0.1, 0.15) is 12.5 Å². The first-order chi connectivity index (χ1) is 11.6. The minimum Gasteiger partial charge on any atom is -0.508 e. The first-order valence-corrected chi connectivity index (χ1v) is 10.0. The van der Waals surface area contributed by atoms with Crippen molar-refractivity contribution in [1.29, 1.82) is 0 Å². The molecule has 1 N–H and O–H groups in total. The number of nitro benzene ring substituents is 1. The summed E-state index contributed by atoms with van der Waals surface area (Å²) in [6, 6.07) is 8.80. The number of hydrogen-bond acceptors (Lipinski definition) is 6. The number of rotatable bonds is 6. The third kappa shape index (κ3) is 4.49. The van der Waals surface area contributed by atoms with Crippen LogP contribution in [0.5, 0.6) is 5.75 Å². The fourth-order valence-corrected chi connectivity index (χ4v) is 3.45. The van der Waals surface area contributed by atoms with Crippen molar-refractivity contribution in [2.75, 3.05) is 17.7 Å². The molecule has 0 heterocycles. The van der Waals surface area contributed by atoms with Crippen LogP contribution in [0.3, 0.4) is 0 Å². The van der Waals surface area contributed by atoms with Crippen LogP contribution in [-0.2, 0) is 16.4 Å². The second kappa shape index (κ2) is 7.40. The van der Waals surface area contributed by atoms with Gasteiger partial charge < -0.3 is 10.0 Å². The van der Waals surface area contributed by atoms with E-state index in [9.17, 15) is 23.6 Å². The Bertz CT molecular complexity index is 915. The molecule has 134 valence electrons. The van der Waals surface area contributed by atoms with Crippen LogP contribution in [0.25, 0.3) is 0 Å². The predicted molar refractivity (Wildman–Crippen MR) is 98.7 cm³/mol. The average Bonchev–Trinajstić information content (AvgIpc) is 2.54. The van der Waals surface area contributed by atoms with Gasteiger partial charge in [-0.25, -0.2) is 8.42 Å². The molecule has 0 unspecified atom stereocenters. The summed E-state index contributed by atoms with van der Waals surface area (Å²) in [6.45, 7) is 2.50. The number of sulfone groups is 1. The molecule has 2 aromatic rings. The molecular formula is C16H17BrN2O5S. The van der Waals surface area contributed by atoms with E-state index in [-0.39, 0.29) is 22.9 Å². The highest BCUT2D eigenvalue weighted by atomic mass is 79.9. The number of nitro groups is 1. The molecule has 0 saturated carbocycles. The van der Waals surface area contributed by atoms with Crippen LogP contribution in [0.2, 0.25) is 0 Å². The fraction of sp³-hybridized carbons (Fsp3) is 0.250. The quantitative estimate of drug-likeness (QED) is 0.557. The van der Waals surface area contributed by atoms with Crippen molar-refractivity contribution >= 4 is 37.1 Å². The van der Waals surface area contributed by atoms with Gasteiger partial charge in [-0.2, -0.15) is 0 Å². The Morgan fingerprint density at radius 1 is 1.24 bits per heavy atom. The molecular weight excluding hydrogens is 412 g/mol. The number of phenols is 1. The first-order valence-electron chi connectivity index (χ1n) is 7.34. The van der Waals surface area contributed by atoms with Gasteiger partial charge in [-0.1, -0.05) is 15.9 Å². The molecule has 0 saturated heterocycles. The van der Waals surface area contributed by atoms with Crippen molar-refractivity contribution in [2.24, 2.45) is 0 Å². The SMILES string of the molecule is CCN(Cc1cc(Br)ccc1O)c1ccc(S(C)(=O)=O)cc1[N+](=O)[O-]. The topological polar surface area (TPSA) is 101 Å². The third-order valence-electron chi connectivity index (χ3n) is 3.70. The van der Waals surface area contributed by atoms with Gasteiger partial charge in [-0.05, 0) is 37.3 Å². The van der Waals surface area contributed by atoms with E-state index >= 15 is 0 Å². The number of hydrogen-bond donors (Lipinski definition) is 1. The number of anilines is 1. The van der Waals surface area contributed by atoms with E-state index in [2.05, 4.69) is 15.9 Å². The van der Waals surface area contributed by atoms with Crippen molar-refractivity contribution in [3.63, 3.8) is 0 Å². The van der Waals surface area contributed by atoms with Gasteiger partial charge in [-0.15, -0.1) is 0 Å². The average molecular weight is 429 g/mol. The monoisotopic (exact) mass is 428 g/mol. The summed E-state index contributed by atoms with van der Waals surface area (Å²) in [5.41, 5.74) is 0.594. The van der Waals surface area contributed by atoms with E-state index in [0.717, 1.165) is 16.8 Å². The molecule has 0 radical (unpaired) electrons. The highest BCUT2D eigenvalue weighted by molar-refractivity contribution is 9.10. The van der Waals surface area contributed by atoms with E-state index in [1.165, 1.54) is 18.2 Å². The molecule has 0 spiro atoms. The summed E-state index contributed by atoms with van der Waals surface area (Å²) < 4.78 is 24.1. The van der Waals surface area contributed by atoms with E-state index < -0.39 is 14.8 Å². The van der Waals surface area contributed by atoms with Gasteiger partial charge in [0.05, 0.1) is 9.82 Å². The molecule has 0 fully saturated rings. The standard InChI is InChI=1S/C16H17BrN2O5S/c1-3-18(10-11-8-12(17)4-7-16(11)20)14-6-5-13(25(2,23)24)9-15(14)19(21)22/h4-9,20H,3,10H2,1-2H3. The van der Waals surface area contributed by atoms with Gasteiger partial charge in [0.2, 0.25) is 0 Å². The minimum absolute atomic E-state index is 0.0806. The molecule has 0 amide bonds. The van der Waals surface area contributed by atoms with Gasteiger partial charge in [0, 0.05) is 35.4 Å². The summed E-state index contributed by atoms with van der Waals surface area (Å²) >= 11 is 3.33. The molecule has 0 aliphatic heterocycles. The lowest BCUT2D eigenvalue weighted by Crippen LogP contribution is -2.23. The summed E-state index contributed by atoms with van der Waals surface area (Å²) in [5.74, 6) is 0.0806. The number of nitrogens with zero attached hydrogens (tertiary/aromatic N) is 2. The fourth-order valence-electron chi connectivity index (χ4n) is 2.40. The van der Waals surface area contributed by atoms with Crippen LogP contribution < -0.4 is 4.90 Å². The normalized spacial score (nSPS) is 11.3. The van der Waals surface area contributed by atoms with Crippen molar-refractivity contribution in [2.45, 2.75) is 18.4 Å². The molecule has 0 aliphatic carbocycles. The summed E-state index contributed by atoms with van der Waals surface area (Å²) in [5, 5.41) is 21.4. The predicted octanol–water partition coefficient (Wildman–Crippen LogP) is 3.49. The molecule has 0 atom stereocenters. The molecule has 2 aromatic carbocycles. The molecule has 0 aliphatic rings. The zero-order valence-electron chi connectivity index (χ0n) is 13.6. The van der Waals surface area contributed by atoms with Gasteiger partial charge in [0.25, 0.3) is 5.69 Å². The Kier molecular flexibility index (Phi) is 5.69. The number of phenolic OH excluding ortho intramolecular Hbond substituents is 1. The Morgan fingerprint density at radius 3 is 2.48 bits per heavy atom. The molecule has 25 heavy (non-hydrogen) atoms. The maximum Gasteiger partial charge on any atom is 0.293 e. The number of aromatic hydroxyl groups is 1. The Balaban J connectivity index is 2.50. The lowest BCUT2D eigenvalue weighted by Gasteiger charge is -2.23. The maximum absolute atomic E-state index is 11.7. The van der Waals surface area contributed by atoms with Crippen LogP contribution in [-0.4, -0.2) is 31.2 Å². The molecule has 0 bridgehead atoms. The van der Waals surface area contributed by atoms with Crippen LogP contribution in [0.15, 0.2) is 45.8 Å². The summed E-state index contributed by atoms with van der Waals surface area (Å²) in [6.07, 6.45) is 1.00. The van der Waals surface area contributed by atoms with E-state index in [0.29, 0.717) is 17.8 Å². The highest BCUT2D eigenvalue weighted by Gasteiger charge is 2.22. The Labute approximate surface area is 154 Å². The lowest BCUT2D eigenvalue weighted by atomic mass is 10.1.